The monoisotopic (exact) mass is 203 g/mol. The number of aryl methyl sites for hydroxylation is 2. The summed E-state index contributed by atoms with van der Waals surface area (Å²) in [4.78, 5) is 0.264. The smallest absolute Gasteiger partial charge is 0.245 e. The van der Waals surface area contributed by atoms with Crippen molar-refractivity contribution in [3.8, 4) is 0 Å². The molecule has 0 spiro atoms. The fourth-order valence-electron chi connectivity index (χ4n) is 1.03. The van der Waals surface area contributed by atoms with E-state index in [1.807, 2.05) is 0 Å². The molecule has 0 aliphatic carbocycles. The van der Waals surface area contributed by atoms with Crippen LogP contribution in [0.4, 0.5) is 0 Å². The van der Waals surface area contributed by atoms with Gasteiger partial charge in [-0.2, -0.15) is 5.10 Å². The first-order valence-electron chi connectivity index (χ1n) is 3.78. The molecule has 0 aromatic carbocycles. The standard InChI is InChI=1S/C7H13N3O2S/c1-6-7(5-10(4)8-6)13(11,12)9(2)3/h5H,1-4H3. The van der Waals surface area contributed by atoms with Crippen LogP contribution in [-0.4, -0.2) is 36.6 Å². The fraction of sp³-hybridized carbons (Fsp3) is 0.571. The zero-order valence-electron chi connectivity index (χ0n) is 8.14. The van der Waals surface area contributed by atoms with Gasteiger partial charge >= 0.3 is 0 Å². The van der Waals surface area contributed by atoms with Crippen LogP contribution < -0.4 is 0 Å². The number of aromatic nitrogens is 2. The van der Waals surface area contributed by atoms with Gasteiger partial charge in [0.05, 0.1) is 5.69 Å². The summed E-state index contributed by atoms with van der Waals surface area (Å²) >= 11 is 0. The normalized spacial score (nSPS) is 12.4. The molecular formula is C7H13N3O2S. The lowest BCUT2D eigenvalue weighted by atomic mass is 10.5. The van der Waals surface area contributed by atoms with Crippen LogP contribution in [0.25, 0.3) is 0 Å². The summed E-state index contributed by atoms with van der Waals surface area (Å²) in [5.41, 5.74) is 0.524. The van der Waals surface area contributed by atoms with Gasteiger partial charge in [0, 0.05) is 27.3 Å². The molecule has 0 amide bonds. The van der Waals surface area contributed by atoms with E-state index in [-0.39, 0.29) is 4.90 Å². The Morgan fingerprint density at radius 3 is 2.31 bits per heavy atom. The van der Waals surface area contributed by atoms with Crippen molar-refractivity contribution < 1.29 is 8.42 Å². The highest BCUT2D eigenvalue weighted by molar-refractivity contribution is 7.89. The largest absolute Gasteiger partial charge is 0.274 e. The van der Waals surface area contributed by atoms with Crippen molar-refractivity contribution in [3.63, 3.8) is 0 Å². The van der Waals surface area contributed by atoms with E-state index in [0.29, 0.717) is 5.69 Å². The number of hydrogen-bond acceptors (Lipinski definition) is 3. The van der Waals surface area contributed by atoms with E-state index in [4.69, 9.17) is 0 Å². The summed E-state index contributed by atoms with van der Waals surface area (Å²) in [7, 11) is 1.36. The van der Waals surface area contributed by atoms with Crippen LogP contribution in [0, 0.1) is 6.92 Å². The van der Waals surface area contributed by atoms with Gasteiger partial charge in [0.15, 0.2) is 0 Å². The van der Waals surface area contributed by atoms with Gasteiger partial charge in [-0.15, -0.1) is 0 Å². The molecule has 74 valence electrons. The van der Waals surface area contributed by atoms with Crippen molar-refractivity contribution in [3.05, 3.63) is 11.9 Å². The van der Waals surface area contributed by atoms with Crippen molar-refractivity contribution in [1.82, 2.24) is 14.1 Å². The lowest BCUT2D eigenvalue weighted by Crippen LogP contribution is -2.22. The predicted octanol–water partition coefficient (Wildman–Crippen LogP) is -0.0212. The summed E-state index contributed by atoms with van der Waals surface area (Å²) in [6.45, 7) is 1.68. The van der Waals surface area contributed by atoms with E-state index in [2.05, 4.69) is 5.10 Å². The second-order valence-corrected chi connectivity index (χ2v) is 5.16. The molecule has 0 atom stereocenters. The molecule has 6 heteroatoms. The van der Waals surface area contributed by atoms with Gasteiger partial charge in [-0.25, -0.2) is 12.7 Å². The molecule has 0 aliphatic heterocycles. The molecule has 0 saturated heterocycles. The predicted molar refractivity (Wildman–Crippen MR) is 48.8 cm³/mol. The minimum Gasteiger partial charge on any atom is -0.274 e. The van der Waals surface area contributed by atoms with E-state index < -0.39 is 10.0 Å². The summed E-state index contributed by atoms with van der Waals surface area (Å²) in [6.07, 6.45) is 1.50. The Morgan fingerprint density at radius 2 is 2.00 bits per heavy atom. The van der Waals surface area contributed by atoms with Crippen LogP contribution in [0.3, 0.4) is 0 Å². The Kier molecular flexibility index (Phi) is 2.44. The van der Waals surface area contributed by atoms with Gasteiger partial charge in [0.2, 0.25) is 10.0 Å². The van der Waals surface area contributed by atoms with Crippen molar-refractivity contribution >= 4 is 10.0 Å². The molecule has 0 fully saturated rings. The second kappa shape index (κ2) is 3.12. The summed E-state index contributed by atoms with van der Waals surface area (Å²) in [5.74, 6) is 0. The zero-order chi connectivity index (χ0) is 10.2. The van der Waals surface area contributed by atoms with Gasteiger partial charge in [-0.3, -0.25) is 4.68 Å². The lowest BCUT2D eigenvalue weighted by molar-refractivity contribution is 0.520. The molecule has 5 nitrogen and oxygen atoms in total. The molecule has 0 bridgehead atoms. The first kappa shape index (κ1) is 10.2. The first-order valence-corrected chi connectivity index (χ1v) is 5.22. The molecule has 0 radical (unpaired) electrons. The number of nitrogens with zero attached hydrogens (tertiary/aromatic N) is 3. The van der Waals surface area contributed by atoms with Gasteiger partial charge < -0.3 is 0 Å². The summed E-state index contributed by atoms with van der Waals surface area (Å²) in [6, 6.07) is 0. The van der Waals surface area contributed by atoms with Crippen LogP contribution in [0.2, 0.25) is 0 Å². The maximum atomic E-state index is 11.6. The highest BCUT2D eigenvalue weighted by Gasteiger charge is 2.21. The van der Waals surface area contributed by atoms with Crippen molar-refractivity contribution in [2.45, 2.75) is 11.8 Å². The van der Waals surface area contributed by atoms with E-state index in [1.54, 1.807) is 14.0 Å². The SMILES string of the molecule is Cc1nn(C)cc1S(=O)(=O)N(C)C. The lowest BCUT2D eigenvalue weighted by Gasteiger charge is -2.09. The van der Waals surface area contributed by atoms with Crippen molar-refractivity contribution in [1.29, 1.82) is 0 Å². The summed E-state index contributed by atoms with van der Waals surface area (Å²) < 4.78 is 25.9. The topological polar surface area (TPSA) is 55.2 Å². The molecule has 0 aliphatic rings. The quantitative estimate of drug-likeness (QED) is 0.678. The average Bonchev–Trinajstić information content (AvgIpc) is 2.30. The van der Waals surface area contributed by atoms with E-state index in [9.17, 15) is 8.42 Å². The third-order valence-electron chi connectivity index (χ3n) is 1.73. The maximum Gasteiger partial charge on any atom is 0.245 e. The Hall–Kier alpha value is -0.880. The van der Waals surface area contributed by atoms with Crippen molar-refractivity contribution in [2.75, 3.05) is 14.1 Å². The Bertz CT molecular complexity index is 405. The minimum absolute atomic E-state index is 0.264. The molecule has 0 N–H and O–H groups in total. The average molecular weight is 203 g/mol. The minimum atomic E-state index is -3.34. The van der Waals surface area contributed by atoms with Gasteiger partial charge in [0.1, 0.15) is 4.90 Å². The summed E-state index contributed by atoms with van der Waals surface area (Å²) in [5, 5.41) is 3.97. The van der Waals surface area contributed by atoms with Gasteiger partial charge in [-0.1, -0.05) is 0 Å². The number of sulfonamides is 1. The Labute approximate surface area is 78.0 Å². The molecule has 1 aromatic rings. The number of rotatable bonds is 2. The van der Waals surface area contributed by atoms with E-state index in [1.165, 1.54) is 29.3 Å². The highest BCUT2D eigenvalue weighted by Crippen LogP contribution is 2.15. The first-order chi connectivity index (χ1) is 5.85. The molecular weight excluding hydrogens is 190 g/mol. The van der Waals surface area contributed by atoms with Crippen LogP contribution in [0.15, 0.2) is 11.1 Å². The van der Waals surface area contributed by atoms with Crippen molar-refractivity contribution in [2.24, 2.45) is 7.05 Å². The van der Waals surface area contributed by atoms with Crippen LogP contribution in [-0.2, 0) is 17.1 Å². The molecule has 0 unspecified atom stereocenters. The fourth-order valence-corrected chi connectivity index (χ4v) is 2.12. The van der Waals surface area contributed by atoms with E-state index in [0.717, 1.165) is 0 Å². The van der Waals surface area contributed by atoms with E-state index >= 15 is 0 Å². The zero-order valence-corrected chi connectivity index (χ0v) is 8.96. The van der Waals surface area contributed by atoms with Gasteiger partial charge in [0.25, 0.3) is 0 Å². The maximum absolute atomic E-state index is 11.6. The van der Waals surface area contributed by atoms with Crippen LogP contribution >= 0.6 is 0 Å². The van der Waals surface area contributed by atoms with Gasteiger partial charge in [-0.05, 0) is 6.92 Å². The molecule has 1 rings (SSSR count). The molecule has 1 aromatic heterocycles. The molecule has 0 saturated carbocycles. The number of hydrogen-bond donors (Lipinski definition) is 0. The Morgan fingerprint density at radius 1 is 1.46 bits per heavy atom. The Balaban J connectivity index is 3.31. The molecule has 1 heterocycles. The van der Waals surface area contributed by atoms with Crippen LogP contribution in [0.5, 0.6) is 0 Å². The highest BCUT2D eigenvalue weighted by atomic mass is 32.2. The third-order valence-corrected chi connectivity index (χ3v) is 3.65. The third kappa shape index (κ3) is 1.73. The second-order valence-electron chi connectivity index (χ2n) is 3.04. The van der Waals surface area contributed by atoms with Crippen LogP contribution in [0.1, 0.15) is 5.69 Å². The molecule has 13 heavy (non-hydrogen) atoms.